The van der Waals surface area contributed by atoms with Gasteiger partial charge in [0.1, 0.15) is 0 Å². The molecule has 0 aliphatic carbocycles. The zero-order chi connectivity index (χ0) is 16.1. The van der Waals surface area contributed by atoms with Crippen LogP contribution in [0, 0.1) is 5.92 Å². The molecule has 0 saturated carbocycles. The maximum atomic E-state index is 11.8. The monoisotopic (exact) mass is 324 g/mol. The number of para-hydroxylation sites is 1. The number of hydrogen-bond donors (Lipinski definition) is 2. The van der Waals surface area contributed by atoms with Crippen LogP contribution in [0.5, 0.6) is 0 Å². The molecule has 0 fully saturated rings. The first-order chi connectivity index (χ1) is 10.5. The summed E-state index contributed by atoms with van der Waals surface area (Å²) in [7, 11) is 0. The van der Waals surface area contributed by atoms with E-state index in [2.05, 4.69) is 10.3 Å². The van der Waals surface area contributed by atoms with Gasteiger partial charge >= 0.3 is 29.6 Å². The molecule has 1 heterocycles. The quantitative estimate of drug-likeness (QED) is 0.601. The molecule has 0 aliphatic rings. The number of benzene rings is 1. The topological polar surface area (TPSA) is 85.0 Å². The number of rotatable bonds is 7. The Morgan fingerprint density at radius 2 is 1.96 bits per heavy atom. The molecule has 2 aromatic rings. The number of aromatic nitrogens is 1. The number of carboxylic acids is 1. The number of nitrogens with one attached hydrogen (secondary N) is 2. The van der Waals surface area contributed by atoms with E-state index >= 15 is 0 Å². The molecule has 5 nitrogen and oxygen atoms in total. The number of aromatic amines is 1. The second-order valence-corrected chi connectivity index (χ2v) is 5.94. The SMILES string of the molecule is CC(C)CCC(=O)N[C@@H](Cc1c[nH]c2ccccc12)C(=O)[O-].[Na+]. The summed E-state index contributed by atoms with van der Waals surface area (Å²) in [5.74, 6) is -1.10. The average molecular weight is 324 g/mol. The maximum absolute atomic E-state index is 11.8. The van der Waals surface area contributed by atoms with Crippen LogP contribution >= 0.6 is 0 Å². The molecule has 0 bridgehead atoms. The van der Waals surface area contributed by atoms with Gasteiger partial charge in [0.25, 0.3) is 0 Å². The van der Waals surface area contributed by atoms with Gasteiger partial charge in [0, 0.05) is 29.9 Å². The largest absolute Gasteiger partial charge is 1.00 e. The van der Waals surface area contributed by atoms with Crippen LogP contribution in [0.1, 0.15) is 32.3 Å². The fourth-order valence-electron chi connectivity index (χ4n) is 2.40. The van der Waals surface area contributed by atoms with Gasteiger partial charge in [0.05, 0.1) is 12.0 Å². The normalized spacial score (nSPS) is 12.0. The van der Waals surface area contributed by atoms with Gasteiger partial charge in [-0.15, -0.1) is 0 Å². The second kappa shape index (κ2) is 9.11. The van der Waals surface area contributed by atoms with Gasteiger partial charge in [-0.25, -0.2) is 0 Å². The van der Waals surface area contributed by atoms with Crippen molar-refractivity contribution in [3.05, 3.63) is 36.0 Å². The fraction of sp³-hybridized carbons (Fsp3) is 0.412. The first-order valence-electron chi connectivity index (χ1n) is 7.52. The zero-order valence-corrected chi connectivity index (χ0v) is 15.9. The third-order valence-electron chi connectivity index (χ3n) is 3.67. The molecule has 1 aromatic carbocycles. The summed E-state index contributed by atoms with van der Waals surface area (Å²) in [5.41, 5.74) is 1.80. The number of carboxylic acid groups (broad SMARTS) is 1. The number of H-pyrrole nitrogens is 1. The van der Waals surface area contributed by atoms with Gasteiger partial charge in [-0.1, -0.05) is 32.0 Å². The Bertz CT molecular complexity index is 667. The van der Waals surface area contributed by atoms with Crippen molar-refractivity contribution in [2.45, 2.75) is 39.2 Å². The van der Waals surface area contributed by atoms with Crippen molar-refractivity contribution in [2.24, 2.45) is 5.92 Å². The minimum atomic E-state index is -1.26. The fourth-order valence-corrected chi connectivity index (χ4v) is 2.40. The van der Waals surface area contributed by atoms with Crippen LogP contribution in [-0.2, 0) is 16.0 Å². The molecule has 0 radical (unpaired) electrons. The summed E-state index contributed by atoms with van der Waals surface area (Å²) in [4.78, 5) is 26.2. The maximum Gasteiger partial charge on any atom is 1.00 e. The van der Waals surface area contributed by atoms with E-state index < -0.39 is 12.0 Å². The summed E-state index contributed by atoms with van der Waals surface area (Å²) in [5, 5.41) is 14.8. The Morgan fingerprint density at radius 1 is 1.26 bits per heavy atom. The van der Waals surface area contributed by atoms with Crippen LogP contribution < -0.4 is 40.0 Å². The summed E-state index contributed by atoms with van der Waals surface area (Å²) < 4.78 is 0. The Hall–Kier alpha value is -1.30. The Labute approximate surface area is 158 Å². The van der Waals surface area contributed by atoms with E-state index in [1.165, 1.54) is 0 Å². The molecule has 0 aliphatic heterocycles. The summed E-state index contributed by atoms with van der Waals surface area (Å²) >= 11 is 0. The van der Waals surface area contributed by atoms with Gasteiger partial charge in [0.15, 0.2) is 0 Å². The first-order valence-corrected chi connectivity index (χ1v) is 7.52. The number of aliphatic carboxylic acids is 1. The smallest absolute Gasteiger partial charge is 0.548 e. The molecule has 2 rings (SSSR count). The van der Waals surface area contributed by atoms with Crippen molar-refractivity contribution in [3.63, 3.8) is 0 Å². The van der Waals surface area contributed by atoms with Crippen molar-refractivity contribution in [1.82, 2.24) is 10.3 Å². The van der Waals surface area contributed by atoms with Crippen molar-refractivity contribution >= 4 is 22.8 Å². The number of amides is 1. The predicted octanol–water partition coefficient (Wildman–Crippen LogP) is -1.61. The summed E-state index contributed by atoms with van der Waals surface area (Å²) in [6, 6.07) is 6.64. The third kappa shape index (κ3) is 5.68. The van der Waals surface area contributed by atoms with Crippen LogP contribution in [0.4, 0.5) is 0 Å². The standard InChI is InChI=1S/C17H22N2O3.Na/c1-11(2)7-8-16(20)19-15(17(21)22)9-12-10-18-14-6-4-3-5-13(12)14;/h3-6,10-11,15,18H,7-9H2,1-2H3,(H,19,20)(H,21,22);/q;+1/p-1/t15-;/m0./s1. The molecule has 6 heteroatoms. The van der Waals surface area contributed by atoms with Gasteiger partial charge in [-0.05, 0) is 24.0 Å². The van der Waals surface area contributed by atoms with E-state index in [9.17, 15) is 14.7 Å². The zero-order valence-electron chi connectivity index (χ0n) is 13.9. The van der Waals surface area contributed by atoms with E-state index in [-0.39, 0.29) is 41.9 Å². The van der Waals surface area contributed by atoms with Crippen LogP contribution in [0.2, 0.25) is 0 Å². The molecule has 23 heavy (non-hydrogen) atoms. The number of carbonyl (C=O) groups excluding carboxylic acids is 2. The average Bonchev–Trinajstić information content (AvgIpc) is 2.87. The molecule has 1 amide bonds. The van der Waals surface area contributed by atoms with Crippen molar-refractivity contribution in [3.8, 4) is 0 Å². The molecular formula is C17H21N2NaO3. The second-order valence-electron chi connectivity index (χ2n) is 5.94. The van der Waals surface area contributed by atoms with Crippen LogP contribution in [0.15, 0.2) is 30.5 Å². The Kier molecular flexibility index (Phi) is 7.82. The molecule has 118 valence electrons. The van der Waals surface area contributed by atoms with E-state index in [0.29, 0.717) is 12.3 Å². The van der Waals surface area contributed by atoms with Gasteiger partial charge in [0.2, 0.25) is 5.91 Å². The van der Waals surface area contributed by atoms with E-state index in [1.807, 2.05) is 38.1 Å². The molecule has 0 unspecified atom stereocenters. The van der Waals surface area contributed by atoms with Gasteiger partial charge in [-0.3, -0.25) is 4.79 Å². The van der Waals surface area contributed by atoms with Crippen molar-refractivity contribution in [2.75, 3.05) is 0 Å². The van der Waals surface area contributed by atoms with E-state index in [0.717, 1.165) is 22.9 Å². The first kappa shape index (κ1) is 19.7. The number of fused-ring (bicyclic) bond motifs is 1. The predicted molar refractivity (Wildman–Crippen MR) is 83.0 cm³/mol. The molecule has 0 saturated heterocycles. The minimum absolute atomic E-state index is 0. The molecule has 2 N–H and O–H groups in total. The molecule has 1 atom stereocenters. The van der Waals surface area contributed by atoms with Crippen LogP contribution in [-0.4, -0.2) is 22.9 Å². The third-order valence-corrected chi connectivity index (χ3v) is 3.67. The van der Waals surface area contributed by atoms with Crippen molar-refractivity contribution in [1.29, 1.82) is 0 Å². The Balaban J connectivity index is 0.00000264. The van der Waals surface area contributed by atoms with Crippen LogP contribution in [0.3, 0.4) is 0 Å². The van der Waals surface area contributed by atoms with Gasteiger partial charge < -0.3 is 20.2 Å². The number of hydrogen-bond acceptors (Lipinski definition) is 3. The number of carbonyl (C=O) groups is 2. The minimum Gasteiger partial charge on any atom is -0.548 e. The van der Waals surface area contributed by atoms with E-state index in [1.54, 1.807) is 6.20 Å². The molecule has 1 aromatic heterocycles. The summed E-state index contributed by atoms with van der Waals surface area (Å²) in [6.07, 6.45) is 3.05. The summed E-state index contributed by atoms with van der Waals surface area (Å²) in [6.45, 7) is 4.05. The van der Waals surface area contributed by atoms with Crippen LogP contribution in [0.25, 0.3) is 10.9 Å². The van der Waals surface area contributed by atoms with E-state index in [4.69, 9.17) is 0 Å². The Morgan fingerprint density at radius 3 is 2.61 bits per heavy atom. The van der Waals surface area contributed by atoms with Crippen molar-refractivity contribution < 1.29 is 44.3 Å². The molecular weight excluding hydrogens is 303 g/mol. The van der Waals surface area contributed by atoms with Gasteiger partial charge in [-0.2, -0.15) is 0 Å². The molecule has 0 spiro atoms.